The summed E-state index contributed by atoms with van der Waals surface area (Å²) in [5.41, 5.74) is -0.00613. The van der Waals surface area contributed by atoms with Crippen LogP contribution in [0.3, 0.4) is 0 Å². The number of aliphatic hydroxyl groups is 1. The Hall–Kier alpha value is -1.81. The number of halogens is 1. The largest absolute Gasteiger partial charge is 0.384 e. The van der Waals surface area contributed by atoms with Gasteiger partial charge in [-0.05, 0) is 30.5 Å². The number of aromatic nitrogens is 2. The molecule has 1 N–H and O–H groups in total. The van der Waals surface area contributed by atoms with Gasteiger partial charge in [0.15, 0.2) is 5.82 Å². The summed E-state index contributed by atoms with van der Waals surface area (Å²) in [6.45, 7) is 0. The molecule has 0 radical (unpaired) electrons. The fourth-order valence-corrected chi connectivity index (χ4v) is 2.81. The third kappa shape index (κ3) is 1.92. The quantitative estimate of drug-likeness (QED) is 0.920. The molecule has 0 spiro atoms. The van der Waals surface area contributed by atoms with Gasteiger partial charge in [-0.15, -0.1) is 0 Å². The van der Waals surface area contributed by atoms with Crippen LogP contribution in [0.5, 0.6) is 0 Å². The van der Waals surface area contributed by atoms with Gasteiger partial charge in [-0.25, -0.2) is 14.4 Å². The summed E-state index contributed by atoms with van der Waals surface area (Å²) in [5.74, 6) is 0.0997. The summed E-state index contributed by atoms with van der Waals surface area (Å²) in [6.07, 6.45) is 4.83. The first-order chi connectivity index (χ1) is 9.24. The fourth-order valence-electron chi connectivity index (χ4n) is 2.81. The average Bonchev–Trinajstić information content (AvgIpc) is 2.40. The maximum Gasteiger partial charge on any atom is 0.157 e. The van der Waals surface area contributed by atoms with Crippen molar-refractivity contribution >= 4 is 0 Å². The Morgan fingerprint density at radius 2 is 1.79 bits per heavy atom. The van der Waals surface area contributed by atoms with E-state index in [2.05, 4.69) is 9.97 Å². The standard InChI is InChI=1S/C15H15FN2O/c16-12-6-2-1-5-11(12)15(7-3-8-15)13(19)14-17-9-4-10-18-14/h1-2,4-6,9-10,13,19H,3,7-8H2. The molecule has 0 aliphatic heterocycles. The Morgan fingerprint density at radius 1 is 1.11 bits per heavy atom. The number of hydrogen-bond acceptors (Lipinski definition) is 3. The summed E-state index contributed by atoms with van der Waals surface area (Å²) in [7, 11) is 0. The normalized spacial score (nSPS) is 18.6. The maximum atomic E-state index is 14.0. The third-order valence-corrected chi connectivity index (χ3v) is 4.01. The summed E-state index contributed by atoms with van der Waals surface area (Å²) >= 11 is 0. The third-order valence-electron chi connectivity index (χ3n) is 4.01. The average molecular weight is 258 g/mol. The first kappa shape index (κ1) is 12.2. The van der Waals surface area contributed by atoms with E-state index in [0.717, 1.165) is 19.3 Å². The first-order valence-electron chi connectivity index (χ1n) is 6.44. The van der Waals surface area contributed by atoms with E-state index in [4.69, 9.17) is 0 Å². The number of benzene rings is 1. The number of rotatable bonds is 3. The Bertz CT molecular complexity index is 569. The van der Waals surface area contributed by atoms with Gasteiger partial charge in [0.2, 0.25) is 0 Å². The van der Waals surface area contributed by atoms with Crippen molar-refractivity contribution in [1.82, 2.24) is 9.97 Å². The predicted octanol–water partition coefficient (Wildman–Crippen LogP) is 2.77. The summed E-state index contributed by atoms with van der Waals surface area (Å²) in [4.78, 5) is 8.20. The minimum absolute atomic E-state index is 0.266. The second-order valence-corrected chi connectivity index (χ2v) is 5.00. The molecule has 98 valence electrons. The van der Waals surface area contributed by atoms with E-state index in [1.807, 2.05) is 0 Å². The molecule has 0 bridgehead atoms. The van der Waals surface area contributed by atoms with Gasteiger partial charge in [0.25, 0.3) is 0 Å². The van der Waals surface area contributed by atoms with E-state index in [1.165, 1.54) is 6.07 Å². The lowest BCUT2D eigenvalue weighted by Gasteiger charge is -2.45. The number of nitrogens with zero attached hydrogens (tertiary/aromatic N) is 2. The fraction of sp³-hybridized carbons (Fsp3) is 0.333. The monoisotopic (exact) mass is 258 g/mol. The van der Waals surface area contributed by atoms with Gasteiger partial charge >= 0.3 is 0 Å². The summed E-state index contributed by atoms with van der Waals surface area (Å²) in [6, 6.07) is 8.36. The molecule has 1 saturated carbocycles. The van der Waals surface area contributed by atoms with Gasteiger partial charge in [0, 0.05) is 17.8 Å². The van der Waals surface area contributed by atoms with Crippen molar-refractivity contribution in [2.75, 3.05) is 0 Å². The molecule has 0 amide bonds. The van der Waals surface area contributed by atoms with E-state index in [1.54, 1.807) is 36.7 Å². The minimum Gasteiger partial charge on any atom is -0.384 e. The summed E-state index contributed by atoms with van der Waals surface area (Å²) in [5, 5.41) is 10.6. The zero-order valence-electron chi connectivity index (χ0n) is 10.5. The molecule has 1 heterocycles. The Kier molecular flexibility index (Phi) is 3.03. The molecule has 1 atom stereocenters. The highest BCUT2D eigenvalue weighted by Gasteiger charge is 2.48. The number of hydrogen-bond donors (Lipinski definition) is 1. The first-order valence-corrected chi connectivity index (χ1v) is 6.44. The van der Waals surface area contributed by atoms with Crippen molar-refractivity contribution in [3.63, 3.8) is 0 Å². The van der Waals surface area contributed by atoms with Crippen LogP contribution in [-0.4, -0.2) is 15.1 Å². The van der Waals surface area contributed by atoms with Crippen molar-refractivity contribution in [2.24, 2.45) is 0 Å². The van der Waals surface area contributed by atoms with Crippen LogP contribution in [0.15, 0.2) is 42.7 Å². The van der Waals surface area contributed by atoms with Crippen LogP contribution < -0.4 is 0 Å². The van der Waals surface area contributed by atoms with Crippen LogP contribution in [0.4, 0.5) is 4.39 Å². The Morgan fingerprint density at radius 3 is 2.37 bits per heavy atom. The molecule has 3 nitrogen and oxygen atoms in total. The SMILES string of the molecule is OC(c1ncccn1)C1(c2ccccc2F)CCC1. The van der Waals surface area contributed by atoms with Crippen LogP contribution in [0.2, 0.25) is 0 Å². The molecule has 19 heavy (non-hydrogen) atoms. The van der Waals surface area contributed by atoms with Crippen LogP contribution >= 0.6 is 0 Å². The highest BCUT2D eigenvalue weighted by atomic mass is 19.1. The number of aliphatic hydroxyl groups excluding tert-OH is 1. The van der Waals surface area contributed by atoms with E-state index >= 15 is 0 Å². The zero-order chi connectivity index (χ0) is 13.3. The lowest BCUT2D eigenvalue weighted by Crippen LogP contribution is -2.42. The highest BCUT2D eigenvalue weighted by Crippen LogP contribution is 2.52. The van der Waals surface area contributed by atoms with Gasteiger partial charge < -0.3 is 5.11 Å². The summed E-state index contributed by atoms with van der Waals surface area (Å²) < 4.78 is 14.0. The second-order valence-electron chi connectivity index (χ2n) is 5.00. The van der Waals surface area contributed by atoms with Gasteiger partial charge in [0.05, 0.1) is 0 Å². The molecule has 0 saturated heterocycles. The second kappa shape index (κ2) is 4.70. The Labute approximate surface area is 111 Å². The predicted molar refractivity (Wildman–Crippen MR) is 68.9 cm³/mol. The van der Waals surface area contributed by atoms with Gasteiger partial charge in [0.1, 0.15) is 11.9 Å². The topological polar surface area (TPSA) is 46.0 Å². The van der Waals surface area contributed by atoms with Crippen molar-refractivity contribution in [2.45, 2.75) is 30.8 Å². The zero-order valence-corrected chi connectivity index (χ0v) is 10.5. The molecule has 4 heteroatoms. The van der Waals surface area contributed by atoms with E-state index in [-0.39, 0.29) is 5.82 Å². The van der Waals surface area contributed by atoms with Crippen LogP contribution in [-0.2, 0) is 5.41 Å². The molecule has 1 fully saturated rings. The van der Waals surface area contributed by atoms with Crippen molar-refractivity contribution in [3.8, 4) is 0 Å². The van der Waals surface area contributed by atoms with Crippen LogP contribution in [0.25, 0.3) is 0 Å². The highest BCUT2D eigenvalue weighted by molar-refractivity contribution is 5.32. The van der Waals surface area contributed by atoms with Crippen molar-refractivity contribution in [1.29, 1.82) is 0 Å². The molecule has 1 aromatic heterocycles. The van der Waals surface area contributed by atoms with Gasteiger partial charge in [-0.3, -0.25) is 0 Å². The lowest BCUT2D eigenvalue weighted by molar-refractivity contribution is 0.0182. The van der Waals surface area contributed by atoms with E-state index < -0.39 is 11.5 Å². The smallest absolute Gasteiger partial charge is 0.157 e. The van der Waals surface area contributed by atoms with Crippen LogP contribution in [0.1, 0.15) is 36.8 Å². The molecule has 3 rings (SSSR count). The Balaban J connectivity index is 2.03. The van der Waals surface area contributed by atoms with Gasteiger partial charge in [-0.1, -0.05) is 24.6 Å². The molecular weight excluding hydrogens is 243 g/mol. The molecule has 1 unspecified atom stereocenters. The van der Waals surface area contributed by atoms with Crippen molar-refractivity contribution < 1.29 is 9.50 Å². The lowest BCUT2D eigenvalue weighted by atomic mass is 9.60. The van der Waals surface area contributed by atoms with Crippen molar-refractivity contribution in [3.05, 3.63) is 59.9 Å². The van der Waals surface area contributed by atoms with Crippen LogP contribution in [0, 0.1) is 5.82 Å². The molecular formula is C15H15FN2O. The van der Waals surface area contributed by atoms with E-state index in [0.29, 0.717) is 11.4 Å². The van der Waals surface area contributed by atoms with E-state index in [9.17, 15) is 9.50 Å². The molecule has 1 aromatic carbocycles. The molecule has 2 aromatic rings. The molecule has 1 aliphatic carbocycles. The maximum absolute atomic E-state index is 14.0. The van der Waals surface area contributed by atoms with Gasteiger partial charge in [-0.2, -0.15) is 0 Å². The molecule has 1 aliphatic rings. The minimum atomic E-state index is -0.862.